The largest absolute Gasteiger partial charge is 0.445 e. The van der Waals surface area contributed by atoms with Crippen LogP contribution in [0, 0.1) is 25.7 Å². The third kappa shape index (κ3) is 36.5. The molecule has 9 aromatic rings. The predicted octanol–water partition coefficient (Wildman–Crippen LogP) is 6.46. The van der Waals surface area contributed by atoms with Crippen molar-refractivity contribution < 1.29 is 90.5 Å². The molecule has 0 aliphatic rings. The first-order chi connectivity index (χ1) is 62.2. The smallest absolute Gasteiger partial charge is 0.410 e. The molecule has 129 heavy (non-hydrogen) atoms. The number of primary amides is 1. The molecule has 0 bridgehead atoms. The van der Waals surface area contributed by atoms with Crippen molar-refractivity contribution in [2.24, 2.45) is 17.6 Å². The molecule has 0 spiro atoms. The van der Waals surface area contributed by atoms with Crippen LogP contribution in [0.4, 0.5) is 21.2 Å². The normalized spacial score (nSPS) is 11.7. The van der Waals surface area contributed by atoms with Crippen LogP contribution in [0.25, 0.3) is 22.3 Å². The lowest BCUT2D eigenvalue weighted by Gasteiger charge is -2.24. The van der Waals surface area contributed by atoms with Crippen molar-refractivity contribution in [3.63, 3.8) is 0 Å². The van der Waals surface area contributed by atoms with Crippen molar-refractivity contribution in [1.82, 2.24) is 80.1 Å². The fourth-order valence-electron chi connectivity index (χ4n) is 12.6. The summed E-state index contributed by atoms with van der Waals surface area (Å²) < 4.78 is 64.1. The molecular weight excluding hydrogens is 1670 g/mol. The topological polar surface area (TPSA) is 524 Å². The van der Waals surface area contributed by atoms with Crippen molar-refractivity contribution in [2.75, 3.05) is 151 Å². The molecule has 40 heteroatoms. The lowest BCUT2D eigenvalue weighted by Crippen LogP contribution is -2.46. The van der Waals surface area contributed by atoms with Gasteiger partial charge >= 0.3 is 23.5 Å². The minimum absolute atomic E-state index is 0.00901. The van der Waals surface area contributed by atoms with Crippen molar-refractivity contribution in [1.29, 1.82) is 0 Å². The number of anilines is 2. The standard InChI is InChI=1S/C55H75N11O13.C34H46N8O8/c1-6-47(69)58-21-23-75-25-27-77-29-28-76-26-24-74-22-19-42(67)31-44(36(2)3)52(70)63-45(8-7-20-59-53(57)71)46(68)30-38-9-11-40(12-10-38)35-78-55(73)65(5)33-39-13-16-43(17-14-39)79-48-18-15-41(32-60-48)34-66-51-49(64-54(66)72)50(56)61-37(4)62-51;1-4-28(43)36-12-14-47-16-18-49-20-19-48-17-15-46-13-11-30(44)41(3)22-25-5-8-27(9-6-25)50-29-10-7-26(21-37-29)23-42-33-31(40-34(42)45)32(35)38-24(2)39-33/h9-18,32,36,44-45H,6-8,19-31,33-35H2,1-5H3,(H,58,69)(H,63,70)(H,64,72)(H2,56,61,62)(H3,57,59,71);5-10,21H,4,11-20,22-23H2,1-3H3,(H,36,43)(H,40,45)(H2,35,38,39)/t44-,45-;/m0./s1. The molecule has 0 fully saturated rings. The molecule has 12 N–H and O–H groups in total. The molecule has 7 amide bonds. The summed E-state index contributed by atoms with van der Waals surface area (Å²) >= 11 is 0. The fourth-order valence-corrected chi connectivity index (χ4v) is 12.6. The number of pyridine rings is 2. The second-order valence-corrected chi connectivity index (χ2v) is 30.3. The number of nitrogens with one attached hydrogen (secondary N) is 6. The van der Waals surface area contributed by atoms with Crippen LogP contribution in [0.3, 0.4) is 0 Å². The van der Waals surface area contributed by atoms with Crippen molar-refractivity contribution in [3.8, 4) is 23.3 Å². The van der Waals surface area contributed by atoms with Gasteiger partial charge in [-0.05, 0) is 90.3 Å². The number of aromatic amines is 2. The third-order valence-electron chi connectivity index (χ3n) is 19.7. The average molecular weight is 1790 g/mol. The zero-order chi connectivity index (χ0) is 92.8. The highest BCUT2D eigenvalue weighted by Crippen LogP contribution is 2.26. The van der Waals surface area contributed by atoms with E-state index in [2.05, 4.69) is 61.1 Å². The van der Waals surface area contributed by atoms with Crippen molar-refractivity contribution >= 4 is 81.3 Å². The third-order valence-corrected chi connectivity index (χ3v) is 19.7. The number of carbonyl (C=O) groups excluding carboxylic acids is 8. The Morgan fingerprint density at radius 2 is 0.899 bits per heavy atom. The van der Waals surface area contributed by atoms with Crippen LogP contribution >= 0.6 is 0 Å². The van der Waals surface area contributed by atoms with Gasteiger partial charge in [-0.25, -0.2) is 49.1 Å². The summed E-state index contributed by atoms with van der Waals surface area (Å²) in [5, 5.41) is 10.9. The number of hydrogen-bond donors (Lipinski definition) is 9. The lowest BCUT2D eigenvalue weighted by molar-refractivity contribution is -0.134. The Kier molecular flexibility index (Phi) is 43.5. The number of nitrogens with zero attached hydrogens (tertiary/aromatic N) is 10. The number of aromatic nitrogens is 10. The van der Waals surface area contributed by atoms with Crippen LogP contribution in [-0.2, 0) is 111 Å². The Balaban J connectivity index is 0.000000352. The lowest BCUT2D eigenvalue weighted by atomic mass is 9.88. The van der Waals surface area contributed by atoms with E-state index in [1.807, 2.05) is 56.3 Å². The van der Waals surface area contributed by atoms with Gasteiger partial charge < -0.3 is 110 Å². The minimum Gasteiger partial charge on any atom is -0.445 e. The maximum absolute atomic E-state index is 13.8. The Morgan fingerprint density at radius 1 is 0.488 bits per heavy atom. The van der Waals surface area contributed by atoms with Gasteiger partial charge in [0.15, 0.2) is 28.7 Å². The summed E-state index contributed by atoms with van der Waals surface area (Å²) in [5.74, 6) is 1.44. The maximum atomic E-state index is 13.8. The molecule has 6 aromatic heterocycles. The fraction of sp³-hybridized carbons (Fsp3) is 0.483. The highest BCUT2D eigenvalue weighted by atomic mass is 16.6. The number of carbonyl (C=O) groups is 8. The molecule has 2 atom stereocenters. The minimum atomic E-state index is -0.901. The summed E-state index contributed by atoms with van der Waals surface area (Å²) in [5.41, 5.74) is 22.7. The summed E-state index contributed by atoms with van der Waals surface area (Å²) in [6.07, 6.45) is 4.51. The first-order valence-corrected chi connectivity index (χ1v) is 42.8. The number of fused-ring (bicyclic) bond motifs is 2. The monoisotopic (exact) mass is 1790 g/mol. The van der Waals surface area contributed by atoms with E-state index >= 15 is 0 Å². The Bertz CT molecular complexity index is 5130. The number of amides is 7. The van der Waals surface area contributed by atoms with Crippen LogP contribution in [0.2, 0.25) is 0 Å². The number of Topliss-reactive ketones (excluding diaryl/α,β-unsaturated/α-hetero) is 2. The van der Waals surface area contributed by atoms with E-state index < -0.39 is 30.0 Å². The Hall–Kier alpha value is -12.7. The molecule has 698 valence electrons. The van der Waals surface area contributed by atoms with E-state index in [-0.39, 0.29) is 136 Å². The van der Waals surface area contributed by atoms with E-state index in [1.165, 1.54) is 14.0 Å². The molecular formula is C89H121N19O21. The maximum Gasteiger partial charge on any atom is 0.410 e. The highest BCUT2D eigenvalue weighted by molar-refractivity contribution is 5.93. The molecule has 0 unspecified atom stereocenters. The molecule has 0 saturated carbocycles. The van der Waals surface area contributed by atoms with Gasteiger partial charge in [0.25, 0.3) is 0 Å². The number of ether oxygens (including phenoxy) is 11. The number of H-pyrrole nitrogens is 2. The number of nitrogen functional groups attached to an aromatic ring is 2. The first kappa shape index (κ1) is 102. The zero-order valence-corrected chi connectivity index (χ0v) is 74.5. The Labute approximate surface area is 747 Å². The summed E-state index contributed by atoms with van der Waals surface area (Å²) in [6, 6.07) is 27.1. The summed E-state index contributed by atoms with van der Waals surface area (Å²) in [7, 11) is 3.38. The summed E-state index contributed by atoms with van der Waals surface area (Å²) in [4.78, 5) is 159. The zero-order valence-electron chi connectivity index (χ0n) is 74.5. The van der Waals surface area contributed by atoms with Gasteiger partial charge in [0, 0.05) is 109 Å². The molecule has 6 heterocycles. The molecule has 40 nitrogen and oxygen atoms in total. The SMILES string of the molecule is CCC(=O)NCCOCCOCCOCCOCCC(=O)C[C@H](C(=O)N[C@@H](CCCNC(N)=O)C(=O)Cc1ccc(COC(=O)N(C)Cc2ccc(Oc3ccc(Cn4c(=O)[nH]c5c(N)nc(C)nc54)cn3)cc2)cc1)C(C)C.CCC(=O)NCCOCCOCCOCCOCCC(=O)N(C)Cc1ccc(Oc2ccc(Cn3c(=O)[nH]c4c(N)nc(C)nc43)cn2)cc1. The van der Waals surface area contributed by atoms with Crippen molar-refractivity contribution in [2.45, 2.75) is 132 Å². The van der Waals surface area contributed by atoms with Gasteiger partial charge in [0.2, 0.25) is 35.4 Å². The van der Waals surface area contributed by atoms with E-state index in [1.54, 1.807) is 114 Å². The van der Waals surface area contributed by atoms with Gasteiger partial charge in [-0.15, -0.1) is 0 Å². The van der Waals surface area contributed by atoms with Gasteiger partial charge in [0.05, 0.1) is 131 Å². The number of urea groups is 1. The second-order valence-electron chi connectivity index (χ2n) is 30.3. The predicted molar refractivity (Wildman–Crippen MR) is 477 cm³/mol. The molecule has 0 aliphatic heterocycles. The van der Waals surface area contributed by atoms with Crippen LogP contribution in [-0.4, -0.2) is 252 Å². The Morgan fingerprint density at radius 3 is 1.33 bits per heavy atom. The van der Waals surface area contributed by atoms with Crippen LogP contribution < -0.4 is 59.3 Å². The van der Waals surface area contributed by atoms with Gasteiger partial charge in [-0.3, -0.25) is 37.9 Å². The first-order valence-electron chi connectivity index (χ1n) is 42.8. The van der Waals surface area contributed by atoms with E-state index in [9.17, 15) is 47.9 Å². The molecule has 0 aliphatic carbocycles. The van der Waals surface area contributed by atoms with Crippen LogP contribution in [0.15, 0.2) is 119 Å². The van der Waals surface area contributed by atoms with E-state index in [0.717, 1.165) is 22.3 Å². The molecule has 0 saturated heterocycles. The average Bonchev–Trinajstić information content (AvgIpc) is 1.64. The highest BCUT2D eigenvalue weighted by Gasteiger charge is 2.30. The number of aryl methyl sites for hydroxylation is 2. The molecule has 0 radical (unpaired) electrons. The summed E-state index contributed by atoms with van der Waals surface area (Å²) in [6.45, 7) is 19.1. The van der Waals surface area contributed by atoms with Gasteiger partial charge in [0.1, 0.15) is 46.6 Å². The van der Waals surface area contributed by atoms with Crippen LogP contribution in [0.1, 0.15) is 118 Å². The molecule has 9 rings (SSSR count). The number of benzene rings is 3. The molecule has 3 aromatic carbocycles. The van der Waals surface area contributed by atoms with Crippen molar-refractivity contribution in [3.05, 3.63) is 175 Å². The van der Waals surface area contributed by atoms with Crippen LogP contribution in [0.5, 0.6) is 23.3 Å². The number of rotatable bonds is 58. The number of imidazole rings is 2. The van der Waals surface area contributed by atoms with Gasteiger partial charge in [-0.1, -0.05) is 88.4 Å². The quantitative estimate of drug-likeness (QED) is 0.0185. The van der Waals surface area contributed by atoms with Gasteiger partial charge in [-0.2, -0.15) is 0 Å². The van der Waals surface area contributed by atoms with E-state index in [0.29, 0.717) is 200 Å². The number of hydrogen-bond acceptors (Lipinski definition) is 29. The second kappa shape index (κ2) is 55.1. The number of ketones is 2. The van der Waals surface area contributed by atoms with E-state index in [4.69, 9.17) is 69.3 Å². The number of nitrogens with two attached hydrogens (primary N) is 3.